The van der Waals surface area contributed by atoms with Crippen molar-refractivity contribution in [3.63, 3.8) is 0 Å². The largest absolute Gasteiger partial charge is 0.488 e. The summed E-state index contributed by atoms with van der Waals surface area (Å²) < 4.78 is 34.8. The summed E-state index contributed by atoms with van der Waals surface area (Å²) in [6, 6.07) is 15.3. The molecule has 0 aliphatic heterocycles. The molecular weight excluding hydrogens is 360 g/mol. The average Bonchev–Trinajstić information content (AvgIpc) is 2.54. The van der Waals surface area contributed by atoms with Crippen LogP contribution >= 0.6 is 0 Å². The van der Waals surface area contributed by atoms with Gasteiger partial charge in [0.05, 0.1) is 5.25 Å². The van der Waals surface area contributed by atoms with Crippen LogP contribution in [-0.4, -0.2) is 19.3 Å². The fourth-order valence-corrected chi connectivity index (χ4v) is 3.19. The molecule has 4 nitrogen and oxygen atoms in total. The monoisotopic (exact) mass is 390 g/mol. The molecule has 0 radical (unpaired) electrons. The minimum absolute atomic E-state index is 0.233. The van der Waals surface area contributed by atoms with Gasteiger partial charge in [-0.25, -0.2) is 0 Å². The molecule has 148 valence electrons. The van der Waals surface area contributed by atoms with E-state index in [1.54, 1.807) is 26.0 Å². The van der Waals surface area contributed by atoms with Crippen molar-refractivity contribution in [1.82, 2.24) is 0 Å². The van der Waals surface area contributed by atoms with Crippen molar-refractivity contribution < 1.29 is 17.3 Å². The van der Waals surface area contributed by atoms with E-state index in [1.807, 2.05) is 45.0 Å². The van der Waals surface area contributed by atoms with Crippen molar-refractivity contribution >= 4 is 10.1 Å². The Bertz CT molecular complexity index is 856. The smallest absolute Gasteiger partial charge is 0.311 e. The molecule has 0 unspecified atom stereocenters. The molecular formula is C22H30O4S. The minimum atomic E-state index is -3.59. The van der Waals surface area contributed by atoms with Crippen LogP contribution in [0, 0.1) is 0 Å². The van der Waals surface area contributed by atoms with E-state index in [4.69, 9.17) is 8.92 Å². The Morgan fingerprint density at radius 3 is 1.52 bits per heavy atom. The average molecular weight is 391 g/mol. The van der Waals surface area contributed by atoms with E-state index in [0.29, 0.717) is 5.75 Å². The molecule has 0 saturated heterocycles. The molecule has 2 rings (SSSR count). The first kappa shape index (κ1) is 21.3. The molecule has 2 aromatic carbocycles. The Kier molecular flexibility index (Phi) is 5.95. The van der Waals surface area contributed by atoms with Crippen molar-refractivity contribution in [1.29, 1.82) is 0 Å². The molecule has 0 saturated carbocycles. The van der Waals surface area contributed by atoms with Crippen molar-refractivity contribution in [3.05, 3.63) is 59.7 Å². The van der Waals surface area contributed by atoms with Gasteiger partial charge in [0.25, 0.3) is 0 Å². The van der Waals surface area contributed by atoms with E-state index in [1.165, 1.54) is 0 Å². The van der Waals surface area contributed by atoms with E-state index >= 15 is 0 Å². The molecule has 0 aliphatic carbocycles. The molecule has 0 fully saturated rings. The summed E-state index contributed by atoms with van der Waals surface area (Å²) >= 11 is 0. The van der Waals surface area contributed by atoms with Gasteiger partial charge in [-0.1, -0.05) is 38.1 Å². The Hall–Kier alpha value is -2.01. The second kappa shape index (κ2) is 7.55. The van der Waals surface area contributed by atoms with Gasteiger partial charge in [-0.2, -0.15) is 8.42 Å². The van der Waals surface area contributed by atoms with Gasteiger partial charge in [-0.3, -0.25) is 0 Å². The topological polar surface area (TPSA) is 52.6 Å². The predicted octanol–water partition coefficient (Wildman–Crippen LogP) is 5.31. The van der Waals surface area contributed by atoms with E-state index in [2.05, 4.69) is 26.0 Å². The summed E-state index contributed by atoms with van der Waals surface area (Å²) in [7, 11) is -3.59. The number of hydrogen-bond donors (Lipinski definition) is 0. The number of benzene rings is 2. The maximum absolute atomic E-state index is 11.9. The van der Waals surface area contributed by atoms with Crippen molar-refractivity contribution in [2.24, 2.45) is 0 Å². The first-order chi connectivity index (χ1) is 12.3. The molecule has 0 amide bonds. The van der Waals surface area contributed by atoms with Gasteiger partial charge in [0.2, 0.25) is 0 Å². The van der Waals surface area contributed by atoms with E-state index in [-0.39, 0.29) is 11.0 Å². The van der Waals surface area contributed by atoms with Crippen LogP contribution in [0.15, 0.2) is 48.5 Å². The lowest BCUT2D eigenvalue weighted by atomic mass is 9.78. The van der Waals surface area contributed by atoms with Gasteiger partial charge in [0.15, 0.2) is 0 Å². The van der Waals surface area contributed by atoms with E-state index < -0.39 is 15.4 Å². The molecule has 0 bridgehead atoms. The minimum Gasteiger partial charge on any atom is -0.488 e. The molecule has 27 heavy (non-hydrogen) atoms. The third-order valence-corrected chi connectivity index (χ3v) is 5.95. The van der Waals surface area contributed by atoms with Crippen LogP contribution in [0.25, 0.3) is 0 Å². The molecule has 0 atom stereocenters. The lowest BCUT2D eigenvalue weighted by Crippen LogP contribution is -2.23. The lowest BCUT2D eigenvalue weighted by molar-refractivity contribution is 0.131. The summed E-state index contributed by atoms with van der Waals surface area (Å²) in [6.45, 7) is 13.5. The predicted molar refractivity (Wildman–Crippen MR) is 110 cm³/mol. The molecule has 2 aromatic rings. The fraction of sp³-hybridized carbons (Fsp3) is 0.455. The van der Waals surface area contributed by atoms with Gasteiger partial charge >= 0.3 is 10.1 Å². The second-order valence-electron chi connectivity index (χ2n) is 8.51. The number of hydrogen-bond acceptors (Lipinski definition) is 4. The summed E-state index contributed by atoms with van der Waals surface area (Å²) in [5.74, 6) is 1.17. The summed E-state index contributed by atoms with van der Waals surface area (Å²) in [5, 5.41) is -0.581. The molecule has 0 N–H and O–H groups in total. The van der Waals surface area contributed by atoms with Crippen LogP contribution in [0.3, 0.4) is 0 Å². The maximum atomic E-state index is 11.9. The lowest BCUT2D eigenvalue weighted by Gasteiger charge is -2.27. The highest BCUT2D eigenvalue weighted by Gasteiger charge is 2.24. The van der Waals surface area contributed by atoms with Crippen LogP contribution in [0.2, 0.25) is 0 Å². The maximum Gasteiger partial charge on any atom is 0.311 e. The third-order valence-electron chi connectivity index (χ3n) is 4.37. The van der Waals surface area contributed by atoms with Crippen molar-refractivity contribution in [2.75, 3.05) is 0 Å². The van der Waals surface area contributed by atoms with Gasteiger partial charge in [0.1, 0.15) is 17.1 Å². The van der Waals surface area contributed by atoms with Crippen LogP contribution in [0.5, 0.6) is 11.5 Å². The fourth-order valence-electron chi connectivity index (χ4n) is 2.62. The van der Waals surface area contributed by atoms with Crippen LogP contribution in [0.4, 0.5) is 0 Å². The molecule has 5 heteroatoms. The van der Waals surface area contributed by atoms with Crippen LogP contribution in [0.1, 0.15) is 59.6 Å². The van der Waals surface area contributed by atoms with Crippen molar-refractivity contribution in [2.45, 2.75) is 64.7 Å². The summed E-state index contributed by atoms with van der Waals surface area (Å²) in [4.78, 5) is 0. The molecule has 0 aromatic heterocycles. The summed E-state index contributed by atoms with van der Waals surface area (Å²) in [6.07, 6.45) is 0. The van der Waals surface area contributed by atoms with Gasteiger partial charge in [-0.15, -0.1) is 0 Å². The Balaban J connectivity index is 2.21. The number of rotatable bonds is 6. The summed E-state index contributed by atoms with van der Waals surface area (Å²) in [5.41, 5.74) is 1.74. The SMILES string of the molecule is CC(C)S(=O)(=O)Oc1ccc(C(C)(C)c2ccc(OC(C)(C)C)cc2)cc1. The van der Waals surface area contributed by atoms with E-state index in [9.17, 15) is 8.42 Å². The van der Waals surface area contributed by atoms with Gasteiger partial charge < -0.3 is 8.92 Å². The van der Waals surface area contributed by atoms with E-state index in [0.717, 1.165) is 16.9 Å². The van der Waals surface area contributed by atoms with Crippen molar-refractivity contribution in [3.8, 4) is 11.5 Å². The molecule has 0 spiro atoms. The Labute approximate surface area is 163 Å². The second-order valence-corrected chi connectivity index (χ2v) is 10.6. The third kappa shape index (κ3) is 5.48. The highest BCUT2D eigenvalue weighted by molar-refractivity contribution is 7.87. The van der Waals surface area contributed by atoms with Crippen LogP contribution < -0.4 is 8.92 Å². The standard InChI is InChI=1S/C22H30O4S/c1-16(2)27(23,24)26-20-14-10-18(11-15-20)22(6,7)17-8-12-19(13-9-17)25-21(3,4)5/h8-16H,1-7H3. The quantitative estimate of drug-likeness (QED) is 0.628. The zero-order chi connectivity index (χ0) is 20.5. The normalized spacial score (nSPS) is 12.9. The zero-order valence-electron chi connectivity index (χ0n) is 17.2. The highest BCUT2D eigenvalue weighted by Crippen LogP contribution is 2.34. The first-order valence-corrected chi connectivity index (χ1v) is 10.6. The van der Waals surface area contributed by atoms with Gasteiger partial charge in [0, 0.05) is 5.41 Å². The molecule has 0 heterocycles. The zero-order valence-corrected chi connectivity index (χ0v) is 18.1. The first-order valence-electron chi connectivity index (χ1n) is 9.15. The molecule has 0 aliphatic rings. The van der Waals surface area contributed by atoms with Crippen LogP contribution in [-0.2, 0) is 15.5 Å². The number of ether oxygens (including phenoxy) is 1. The highest BCUT2D eigenvalue weighted by atomic mass is 32.2. The Morgan fingerprint density at radius 1 is 0.741 bits per heavy atom. The van der Waals surface area contributed by atoms with Gasteiger partial charge in [-0.05, 0) is 70.0 Å². The Morgan fingerprint density at radius 2 is 1.15 bits per heavy atom.